The Morgan fingerprint density at radius 2 is 2.00 bits per heavy atom. The molecule has 0 aliphatic carbocycles. The number of halogens is 1. The molecule has 2 rings (SSSR count). The lowest BCUT2D eigenvalue weighted by molar-refractivity contribution is 0.107. The molecule has 1 fully saturated rings. The minimum Gasteiger partial charge on any atom is -0.356 e. The highest BCUT2D eigenvalue weighted by Crippen LogP contribution is 2.10. The van der Waals surface area contributed by atoms with Gasteiger partial charge in [-0.3, -0.25) is 9.89 Å². The molecular formula is C19H32ClN5. The van der Waals surface area contributed by atoms with Crippen LogP contribution in [0.4, 0.5) is 0 Å². The second kappa shape index (κ2) is 10.6. The molecule has 1 aromatic rings. The summed E-state index contributed by atoms with van der Waals surface area (Å²) in [5.41, 5.74) is 1.23. The highest BCUT2D eigenvalue weighted by atomic mass is 35.5. The van der Waals surface area contributed by atoms with Crippen LogP contribution in [0.1, 0.15) is 19.4 Å². The van der Waals surface area contributed by atoms with E-state index in [-0.39, 0.29) is 0 Å². The zero-order chi connectivity index (χ0) is 18.1. The van der Waals surface area contributed by atoms with Gasteiger partial charge >= 0.3 is 0 Å². The second-order valence-electron chi connectivity index (χ2n) is 6.58. The Morgan fingerprint density at radius 1 is 1.24 bits per heavy atom. The molecule has 0 radical (unpaired) electrons. The van der Waals surface area contributed by atoms with Crippen molar-refractivity contribution in [3.63, 3.8) is 0 Å². The predicted octanol–water partition coefficient (Wildman–Crippen LogP) is 2.07. The lowest BCUT2D eigenvalue weighted by Gasteiger charge is -2.37. The zero-order valence-corrected chi connectivity index (χ0v) is 16.5. The Morgan fingerprint density at radius 3 is 2.64 bits per heavy atom. The van der Waals surface area contributed by atoms with Crippen molar-refractivity contribution in [2.75, 3.05) is 52.9 Å². The van der Waals surface area contributed by atoms with Crippen LogP contribution in [0.25, 0.3) is 0 Å². The maximum atomic E-state index is 6.03. The number of guanidine groups is 1. The van der Waals surface area contributed by atoms with Crippen LogP contribution in [0.2, 0.25) is 5.02 Å². The van der Waals surface area contributed by atoms with E-state index in [1.165, 1.54) is 18.7 Å². The van der Waals surface area contributed by atoms with Crippen LogP contribution in [0.15, 0.2) is 29.3 Å². The maximum Gasteiger partial charge on any atom is 0.191 e. The third-order valence-corrected chi connectivity index (χ3v) is 5.10. The third kappa shape index (κ3) is 6.84. The van der Waals surface area contributed by atoms with Crippen LogP contribution >= 0.6 is 11.6 Å². The van der Waals surface area contributed by atoms with Crippen LogP contribution in [0.5, 0.6) is 0 Å². The van der Waals surface area contributed by atoms with Gasteiger partial charge in [-0.1, -0.05) is 30.7 Å². The molecule has 0 amide bonds. The van der Waals surface area contributed by atoms with Gasteiger partial charge in [0.1, 0.15) is 0 Å². The smallest absolute Gasteiger partial charge is 0.191 e. The van der Waals surface area contributed by atoms with E-state index in [9.17, 15) is 0 Å². The summed E-state index contributed by atoms with van der Waals surface area (Å²) < 4.78 is 0. The van der Waals surface area contributed by atoms with Crippen LogP contribution in [-0.2, 0) is 6.42 Å². The van der Waals surface area contributed by atoms with Gasteiger partial charge in [-0.15, -0.1) is 0 Å². The number of nitrogens with zero attached hydrogens (tertiary/aromatic N) is 3. The largest absolute Gasteiger partial charge is 0.356 e. The summed E-state index contributed by atoms with van der Waals surface area (Å²) in [5, 5.41) is 7.62. The Balaban J connectivity index is 1.67. The van der Waals surface area contributed by atoms with E-state index in [1.54, 1.807) is 0 Å². The van der Waals surface area contributed by atoms with Gasteiger partial charge in [-0.2, -0.15) is 0 Å². The van der Waals surface area contributed by atoms with Gasteiger partial charge in [0.25, 0.3) is 0 Å². The number of piperazine rings is 1. The van der Waals surface area contributed by atoms with Crippen LogP contribution < -0.4 is 10.6 Å². The molecule has 0 saturated carbocycles. The molecule has 140 valence electrons. The highest BCUT2D eigenvalue weighted by Gasteiger charge is 2.20. The molecule has 1 heterocycles. The van der Waals surface area contributed by atoms with Crippen molar-refractivity contribution in [1.82, 2.24) is 20.4 Å². The topological polar surface area (TPSA) is 42.9 Å². The Kier molecular flexibility index (Phi) is 8.52. The molecule has 1 saturated heterocycles. The van der Waals surface area contributed by atoms with Crippen LogP contribution in [-0.4, -0.2) is 74.7 Å². The minimum atomic E-state index is 0.505. The summed E-state index contributed by atoms with van der Waals surface area (Å²) in [5.74, 6) is 0.862. The third-order valence-electron chi connectivity index (χ3n) is 4.86. The van der Waals surface area contributed by atoms with Crippen LogP contribution in [0.3, 0.4) is 0 Å². The van der Waals surface area contributed by atoms with Crippen molar-refractivity contribution >= 4 is 17.6 Å². The lowest BCUT2D eigenvalue weighted by atomic mass is 10.1. The molecular weight excluding hydrogens is 334 g/mol. The molecule has 2 N–H and O–H groups in total. The fourth-order valence-corrected chi connectivity index (χ4v) is 3.35. The average Bonchev–Trinajstić information content (AvgIpc) is 2.64. The van der Waals surface area contributed by atoms with Crippen molar-refractivity contribution in [1.29, 1.82) is 0 Å². The van der Waals surface area contributed by atoms with Gasteiger partial charge in [-0.05, 0) is 37.6 Å². The Hall–Kier alpha value is -1.30. The number of likely N-dealkylation sites (N-methyl/N-ethyl adjacent to an activating group) is 1. The molecule has 1 atom stereocenters. The number of hydrogen-bond donors (Lipinski definition) is 2. The number of aliphatic imine (C=N–C) groups is 1. The normalized spacial score (nSPS) is 18.2. The first-order valence-corrected chi connectivity index (χ1v) is 9.65. The van der Waals surface area contributed by atoms with Gasteiger partial charge in [0.2, 0.25) is 0 Å². The molecule has 0 bridgehead atoms. The number of rotatable bonds is 7. The summed E-state index contributed by atoms with van der Waals surface area (Å²) in [6.45, 7) is 12.1. The first kappa shape index (κ1) is 20.0. The van der Waals surface area contributed by atoms with Gasteiger partial charge in [0.05, 0.1) is 0 Å². The Labute approximate surface area is 157 Å². The summed E-state index contributed by atoms with van der Waals surface area (Å²) in [6.07, 6.45) is 0.926. The van der Waals surface area contributed by atoms with E-state index < -0.39 is 0 Å². The molecule has 1 aliphatic rings. The van der Waals surface area contributed by atoms with E-state index >= 15 is 0 Å². The maximum absolute atomic E-state index is 6.03. The summed E-state index contributed by atoms with van der Waals surface area (Å²) in [7, 11) is 1.82. The van der Waals surface area contributed by atoms with E-state index in [0.29, 0.717) is 6.04 Å². The molecule has 1 unspecified atom stereocenters. The monoisotopic (exact) mass is 365 g/mol. The SMILES string of the molecule is CCN1CCN(C(C)CNC(=NC)NCCc2cccc(Cl)c2)CC1. The first-order valence-electron chi connectivity index (χ1n) is 9.27. The highest BCUT2D eigenvalue weighted by molar-refractivity contribution is 6.30. The minimum absolute atomic E-state index is 0.505. The van der Waals surface area contributed by atoms with Crippen molar-refractivity contribution in [3.05, 3.63) is 34.9 Å². The van der Waals surface area contributed by atoms with E-state index in [1.807, 2.05) is 25.2 Å². The van der Waals surface area contributed by atoms with Crippen molar-refractivity contribution in [2.24, 2.45) is 4.99 Å². The first-order chi connectivity index (χ1) is 12.1. The van der Waals surface area contributed by atoms with Crippen molar-refractivity contribution in [3.8, 4) is 0 Å². The van der Waals surface area contributed by atoms with E-state index in [0.717, 1.165) is 50.1 Å². The van der Waals surface area contributed by atoms with Crippen molar-refractivity contribution < 1.29 is 0 Å². The standard InChI is InChI=1S/C19H32ClN5/c1-4-24-10-12-25(13-11-24)16(2)15-23-19(21-3)22-9-8-17-6-5-7-18(20)14-17/h5-7,14,16H,4,8-13,15H2,1-3H3,(H2,21,22,23). The summed E-state index contributed by atoms with van der Waals surface area (Å²) in [4.78, 5) is 9.38. The van der Waals surface area contributed by atoms with Crippen molar-refractivity contribution in [2.45, 2.75) is 26.3 Å². The number of nitrogens with one attached hydrogen (secondary N) is 2. The van der Waals surface area contributed by atoms with E-state index in [2.05, 4.69) is 45.3 Å². The predicted molar refractivity (Wildman–Crippen MR) is 108 cm³/mol. The molecule has 0 spiro atoms. The molecule has 5 nitrogen and oxygen atoms in total. The number of hydrogen-bond acceptors (Lipinski definition) is 3. The second-order valence-corrected chi connectivity index (χ2v) is 7.02. The Bertz CT molecular complexity index is 540. The summed E-state index contributed by atoms with van der Waals surface area (Å²) in [6, 6.07) is 8.51. The molecule has 1 aliphatic heterocycles. The molecule has 1 aromatic carbocycles. The van der Waals surface area contributed by atoms with Gasteiger partial charge in [0.15, 0.2) is 5.96 Å². The average molecular weight is 366 g/mol. The lowest BCUT2D eigenvalue weighted by Crippen LogP contribution is -2.53. The fraction of sp³-hybridized carbons (Fsp3) is 0.632. The summed E-state index contributed by atoms with van der Waals surface area (Å²) >= 11 is 6.03. The molecule has 6 heteroatoms. The van der Waals surface area contributed by atoms with Gasteiger partial charge in [-0.25, -0.2) is 0 Å². The zero-order valence-electron chi connectivity index (χ0n) is 15.8. The van der Waals surface area contributed by atoms with E-state index in [4.69, 9.17) is 11.6 Å². The fourth-order valence-electron chi connectivity index (χ4n) is 3.13. The quantitative estimate of drug-likeness (QED) is 0.573. The number of benzene rings is 1. The molecule has 0 aromatic heterocycles. The molecule has 25 heavy (non-hydrogen) atoms. The van der Waals surface area contributed by atoms with Gasteiger partial charge in [0, 0.05) is 57.4 Å². The van der Waals surface area contributed by atoms with Crippen LogP contribution in [0, 0.1) is 0 Å². The van der Waals surface area contributed by atoms with Gasteiger partial charge < -0.3 is 15.5 Å².